The molecule has 1 aromatic heterocycles. The van der Waals surface area contributed by atoms with Crippen molar-refractivity contribution < 1.29 is 14.7 Å². The molecule has 0 aliphatic heterocycles. The van der Waals surface area contributed by atoms with Crippen LogP contribution in [0.5, 0.6) is 0 Å². The van der Waals surface area contributed by atoms with Gasteiger partial charge in [0.1, 0.15) is 0 Å². The number of halogens is 1. The van der Waals surface area contributed by atoms with E-state index in [9.17, 15) is 14.7 Å². The van der Waals surface area contributed by atoms with Crippen LogP contribution in [0.2, 0.25) is 0 Å². The van der Waals surface area contributed by atoms with Crippen LogP contribution in [-0.4, -0.2) is 23.0 Å². The summed E-state index contributed by atoms with van der Waals surface area (Å²) in [6.07, 6.45) is 3.20. The molecule has 2 N–H and O–H groups in total. The first kappa shape index (κ1) is 14.5. The summed E-state index contributed by atoms with van der Waals surface area (Å²) in [6, 6.07) is 1.45. The predicted octanol–water partition coefficient (Wildman–Crippen LogP) is 3.27. The highest BCUT2D eigenvalue weighted by Gasteiger charge is 2.43. The zero-order chi connectivity index (χ0) is 14.0. The number of amides is 1. The number of nitrogens with one attached hydrogen (secondary N) is 1. The summed E-state index contributed by atoms with van der Waals surface area (Å²) >= 11 is 4.76. The van der Waals surface area contributed by atoms with Gasteiger partial charge in [0.15, 0.2) is 0 Å². The molecule has 0 saturated heterocycles. The molecule has 1 amide bonds. The smallest absolute Gasteiger partial charge is 0.311 e. The van der Waals surface area contributed by atoms with Gasteiger partial charge in [-0.15, -0.1) is 11.3 Å². The summed E-state index contributed by atoms with van der Waals surface area (Å²) in [5, 5.41) is 14.0. The van der Waals surface area contributed by atoms with Crippen LogP contribution in [0.1, 0.15) is 43.0 Å². The number of carboxylic acid groups (broad SMARTS) is 1. The zero-order valence-electron chi connectivity index (χ0n) is 10.6. The fourth-order valence-corrected chi connectivity index (χ4v) is 3.63. The quantitative estimate of drug-likeness (QED) is 0.883. The second kappa shape index (κ2) is 5.63. The van der Waals surface area contributed by atoms with E-state index in [1.54, 1.807) is 18.4 Å². The summed E-state index contributed by atoms with van der Waals surface area (Å²) in [4.78, 5) is 23.6. The van der Waals surface area contributed by atoms with Crippen LogP contribution in [0.15, 0.2) is 15.2 Å². The summed E-state index contributed by atoms with van der Waals surface area (Å²) in [5.74, 6) is -1.02. The van der Waals surface area contributed by atoms with Crippen molar-refractivity contribution in [2.24, 2.45) is 5.41 Å². The van der Waals surface area contributed by atoms with Crippen molar-refractivity contribution >= 4 is 39.1 Å². The maximum Gasteiger partial charge on any atom is 0.311 e. The van der Waals surface area contributed by atoms with Crippen molar-refractivity contribution in [1.29, 1.82) is 0 Å². The van der Waals surface area contributed by atoms with E-state index in [1.807, 2.05) is 0 Å². The predicted molar refractivity (Wildman–Crippen MR) is 77.5 cm³/mol. The SMILES string of the molecule is CC1(C(=O)O)CCCCC1NC(=O)c1csc(Br)c1. The van der Waals surface area contributed by atoms with Crippen molar-refractivity contribution in [2.75, 3.05) is 0 Å². The third-order valence-electron chi connectivity index (χ3n) is 3.83. The number of carbonyl (C=O) groups is 2. The van der Waals surface area contributed by atoms with Crippen LogP contribution in [0.4, 0.5) is 0 Å². The molecule has 6 heteroatoms. The van der Waals surface area contributed by atoms with Crippen LogP contribution in [0, 0.1) is 5.41 Å². The molecule has 4 nitrogen and oxygen atoms in total. The maximum atomic E-state index is 12.1. The fourth-order valence-electron chi connectivity index (χ4n) is 2.49. The third kappa shape index (κ3) is 3.00. The third-order valence-corrected chi connectivity index (χ3v) is 5.34. The van der Waals surface area contributed by atoms with E-state index in [2.05, 4.69) is 21.2 Å². The van der Waals surface area contributed by atoms with Crippen LogP contribution in [-0.2, 0) is 4.79 Å². The molecule has 2 unspecified atom stereocenters. The van der Waals surface area contributed by atoms with Crippen LogP contribution < -0.4 is 5.32 Å². The Labute approximate surface area is 124 Å². The van der Waals surface area contributed by atoms with Crippen LogP contribution in [0.25, 0.3) is 0 Å². The molecular formula is C13H16BrNO3S. The first-order valence-corrected chi connectivity index (χ1v) is 7.89. The van der Waals surface area contributed by atoms with E-state index in [4.69, 9.17) is 0 Å². The van der Waals surface area contributed by atoms with Gasteiger partial charge >= 0.3 is 5.97 Å². The monoisotopic (exact) mass is 345 g/mol. The van der Waals surface area contributed by atoms with Gasteiger partial charge in [-0.2, -0.15) is 0 Å². The lowest BCUT2D eigenvalue weighted by atomic mass is 9.71. The first-order chi connectivity index (χ1) is 8.93. The Balaban J connectivity index is 2.12. The molecule has 0 aromatic carbocycles. The van der Waals surface area contributed by atoms with Crippen molar-refractivity contribution in [3.05, 3.63) is 20.8 Å². The Kier molecular flexibility index (Phi) is 4.30. The Morgan fingerprint density at radius 3 is 2.84 bits per heavy atom. The zero-order valence-corrected chi connectivity index (χ0v) is 13.0. The van der Waals surface area contributed by atoms with Crippen molar-refractivity contribution in [1.82, 2.24) is 5.32 Å². The first-order valence-electron chi connectivity index (χ1n) is 6.22. The molecule has 1 aliphatic carbocycles. The molecule has 0 spiro atoms. The van der Waals surface area contributed by atoms with Crippen molar-refractivity contribution in [3.8, 4) is 0 Å². The Morgan fingerprint density at radius 1 is 1.53 bits per heavy atom. The summed E-state index contributed by atoms with van der Waals surface area (Å²) in [5.41, 5.74) is -0.281. The van der Waals surface area contributed by atoms with Gasteiger partial charge in [0.2, 0.25) is 0 Å². The standard InChI is InChI=1S/C13H16BrNO3S/c1-13(12(17)18)5-3-2-4-9(13)15-11(16)8-6-10(14)19-7-8/h6-7,9H,2-5H2,1H3,(H,15,16)(H,17,18). The van der Waals surface area contributed by atoms with Gasteiger partial charge in [0.25, 0.3) is 5.91 Å². The molecule has 1 fully saturated rings. The van der Waals surface area contributed by atoms with Gasteiger partial charge in [-0.25, -0.2) is 0 Å². The lowest BCUT2D eigenvalue weighted by Crippen LogP contribution is -2.52. The fraction of sp³-hybridized carbons (Fsp3) is 0.538. The number of rotatable bonds is 3. The minimum atomic E-state index is -0.860. The van der Waals surface area contributed by atoms with Gasteiger partial charge in [-0.1, -0.05) is 12.8 Å². The topological polar surface area (TPSA) is 66.4 Å². The highest BCUT2D eigenvalue weighted by Crippen LogP contribution is 2.36. The Hall–Kier alpha value is -0.880. The molecule has 1 aromatic rings. The Morgan fingerprint density at radius 2 is 2.26 bits per heavy atom. The van der Waals surface area contributed by atoms with Gasteiger partial charge in [0, 0.05) is 11.4 Å². The summed E-state index contributed by atoms with van der Waals surface area (Å²) < 4.78 is 0.891. The van der Waals surface area contributed by atoms with E-state index in [0.717, 1.165) is 23.0 Å². The lowest BCUT2D eigenvalue weighted by Gasteiger charge is -2.38. The number of carboxylic acids is 1. The number of carbonyl (C=O) groups excluding carboxylic acids is 1. The van der Waals surface area contributed by atoms with Crippen molar-refractivity contribution in [2.45, 2.75) is 38.6 Å². The average molecular weight is 346 g/mol. The minimum Gasteiger partial charge on any atom is -0.481 e. The van der Waals surface area contributed by atoms with E-state index in [1.165, 1.54) is 11.3 Å². The van der Waals surface area contributed by atoms with Gasteiger partial charge < -0.3 is 10.4 Å². The number of aliphatic carboxylic acids is 1. The average Bonchev–Trinajstić information content (AvgIpc) is 2.79. The molecule has 104 valence electrons. The minimum absolute atomic E-state index is 0.193. The Bertz CT molecular complexity index is 502. The van der Waals surface area contributed by atoms with Crippen molar-refractivity contribution in [3.63, 3.8) is 0 Å². The summed E-state index contributed by atoms with van der Waals surface area (Å²) in [6.45, 7) is 1.73. The van der Waals surface area contributed by atoms with Crippen LogP contribution in [0.3, 0.4) is 0 Å². The molecule has 2 rings (SSSR count). The van der Waals surface area contributed by atoms with E-state index in [0.29, 0.717) is 12.0 Å². The van der Waals surface area contributed by atoms with Gasteiger partial charge in [-0.3, -0.25) is 9.59 Å². The van der Waals surface area contributed by atoms with E-state index >= 15 is 0 Å². The summed E-state index contributed by atoms with van der Waals surface area (Å²) in [7, 11) is 0. The molecule has 19 heavy (non-hydrogen) atoms. The number of thiophene rings is 1. The van der Waals surface area contributed by atoms with E-state index in [-0.39, 0.29) is 11.9 Å². The number of hydrogen-bond donors (Lipinski definition) is 2. The normalized spacial score (nSPS) is 26.9. The molecule has 1 aliphatic rings. The van der Waals surface area contributed by atoms with Gasteiger partial charge in [-0.05, 0) is 41.8 Å². The molecule has 2 atom stereocenters. The molecule has 0 bridgehead atoms. The largest absolute Gasteiger partial charge is 0.481 e. The highest BCUT2D eigenvalue weighted by atomic mass is 79.9. The second-order valence-electron chi connectivity index (χ2n) is 5.13. The lowest BCUT2D eigenvalue weighted by molar-refractivity contribution is -0.151. The van der Waals surface area contributed by atoms with Gasteiger partial charge in [0.05, 0.1) is 14.8 Å². The molecular weight excluding hydrogens is 330 g/mol. The second-order valence-corrected chi connectivity index (χ2v) is 7.42. The van der Waals surface area contributed by atoms with Crippen LogP contribution >= 0.6 is 27.3 Å². The highest BCUT2D eigenvalue weighted by molar-refractivity contribution is 9.11. The molecule has 0 radical (unpaired) electrons. The molecule has 1 saturated carbocycles. The van der Waals surface area contributed by atoms with E-state index < -0.39 is 11.4 Å². The number of hydrogen-bond acceptors (Lipinski definition) is 3. The maximum absolute atomic E-state index is 12.1. The molecule has 1 heterocycles.